The predicted octanol–water partition coefficient (Wildman–Crippen LogP) is 3.07. The molecule has 0 aliphatic rings. The molecule has 0 spiro atoms. The van der Waals surface area contributed by atoms with E-state index in [0.717, 1.165) is 37.3 Å². The number of rotatable bonds is 6. The fraction of sp³-hybridized carbons (Fsp3) is 0.400. The average molecular weight is 261 g/mol. The smallest absolute Gasteiger partial charge is 0.125 e. The van der Waals surface area contributed by atoms with Crippen LogP contribution in [0.2, 0.25) is 0 Å². The molecule has 1 heterocycles. The number of aromatic nitrogens is 2. The molecule has 0 fully saturated rings. The third-order valence-electron chi connectivity index (χ3n) is 3.06. The Bertz CT molecular complexity index is 534. The van der Waals surface area contributed by atoms with Gasteiger partial charge in [0.2, 0.25) is 0 Å². The molecule has 0 amide bonds. The molecule has 0 atom stereocenters. The number of nitrogens with one attached hydrogen (secondary N) is 1. The lowest BCUT2D eigenvalue weighted by atomic mass is 10.1. The van der Waals surface area contributed by atoms with E-state index in [1.807, 2.05) is 16.9 Å². The van der Waals surface area contributed by atoms with Crippen molar-refractivity contribution < 1.29 is 4.39 Å². The summed E-state index contributed by atoms with van der Waals surface area (Å²) in [5.74, 6) is -0.233. The number of nitrogens with zero attached hydrogens (tertiary/aromatic N) is 2. The summed E-state index contributed by atoms with van der Waals surface area (Å²) < 4.78 is 15.2. The van der Waals surface area contributed by atoms with Crippen LogP contribution < -0.4 is 5.32 Å². The van der Waals surface area contributed by atoms with Crippen LogP contribution in [0, 0.1) is 5.82 Å². The molecule has 1 aromatic heterocycles. The van der Waals surface area contributed by atoms with E-state index in [1.54, 1.807) is 6.07 Å². The molecule has 102 valence electrons. The van der Waals surface area contributed by atoms with E-state index in [9.17, 15) is 4.39 Å². The van der Waals surface area contributed by atoms with E-state index < -0.39 is 0 Å². The van der Waals surface area contributed by atoms with Crippen molar-refractivity contribution in [1.82, 2.24) is 15.1 Å². The van der Waals surface area contributed by atoms with E-state index in [0.29, 0.717) is 0 Å². The molecular formula is C15H20FN3. The summed E-state index contributed by atoms with van der Waals surface area (Å²) in [6, 6.07) is 6.56. The zero-order valence-electron chi connectivity index (χ0n) is 11.5. The number of hydrogen-bond acceptors (Lipinski definition) is 2. The van der Waals surface area contributed by atoms with Crippen molar-refractivity contribution in [3.63, 3.8) is 0 Å². The van der Waals surface area contributed by atoms with Crippen molar-refractivity contribution in [2.24, 2.45) is 0 Å². The molecule has 0 saturated heterocycles. The summed E-state index contributed by atoms with van der Waals surface area (Å²) in [7, 11) is 0. The minimum absolute atomic E-state index is 0.233. The Labute approximate surface area is 113 Å². The third-order valence-corrected chi connectivity index (χ3v) is 3.06. The van der Waals surface area contributed by atoms with Gasteiger partial charge in [0.05, 0.1) is 11.9 Å². The normalized spacial score (nSPS) is 10.9. The molecule has 19 heavy (non-hydrogen) atoms. The molecule has 0 unspecified atom stereocenters. The Kier molecular flexibility index (Phi) is 4.68. The zero-order chi connectivity index (χ0) is 13.7. The van der Waals surface area contributed by atoms with Crippen LogP contribution in [0.5, 0.6) is 0 Å². The van der Waals surface area contributed by atoms with Crippen molar-refractivity contribution in [2.75, 3.05) is 6.54 Å². The van der Waals surface area contributed by atoms with E-state index in [1.165, 1.54) is 17.7 Å². The first-order valence-electron chi connectivity index (χ1n) is 6.78. The van der Waals surface area contributed by atoms with Crippen LogP contribution in [0.3, 0.4) is 0 Å². The predicted molar refractivity (Wildman–Crippen MR) is 74.9 cm³/mol. The molecule has 0 aliphatic heterocycles. The number of halogens is 1. The maximum Gasteiger partial charge on any atom is 0.125 e. The summed E-state index contributed by atoms with van der Waals surface area (Å²) in [4.78, 5) is 0. The summed E-state index contributed by atoms with van der Waals surface area (Å²) >= 11 is 0. The standard InChI is InChI=1S/C15H20FN3/c1-3-6-15-12(10-17-4-2)11-18-19(15)14-8-5-7-13(16)9-14/h5,7-9,11,17H,3-4,6,10H2,1-2H3. The molecule has 0 bridgehead atoms. The van der Waals surface area contributed by atoms with Crippen LogP contribution in [0.1, 0.15) is 31.5 Å². The third kappa shape index (κ3) is 3.20. The molecule has 2 aromatic rings. The van der Waals surface area contributed by atoms with E-state index in [4.69, 9.17) is 0 Å². The van der Waals surface area contributed by atoms with Gasteiger partial charge in [0.1, 0.15) is 5.82 Å². The van der Waals surface area contributed by atoms with E-state index in [-0.39, 0.29) is 5.82 Å². The van der Waals surface area contributed by atoms with Crippen LogP contribution in [0.25, 0.3) is 5.69 Å². The van der Waals surface area contributed by atoms with Crippen molar-refractivity contribution in [3.8, 4) is 5.69 Å². The van der Waals surface area contributed by atoms with Gasteiger partial charge in [-0.2, -0.15) is 5.10 Å². The van der Waals surface area contributed by atoms with Crippen molar-refractivity contribution in [3.05, 3.63) is 47.5 Å². The maximum atomic E-state index is 13.3. The van der Waals surface area contributed by atoms with Gasteiger partial charge in [-0.25, -0.2) is 9.07 Å². The molecule has 3 nitrogen and oxygen atoms in total. The highest BCUT2D eigenvalue weighted by Gasteiger charge is 2.11. The second kappa shape index (κ2) is 6.48. The van der Waals surface area contributed by atoms with Gasteiger partial charge in [0, 0.05) is 17.8 Å². The van der Waals surface area contributed by atoms with Gasteiger partial charge < -0.3 is 5.32 Å². The first-order valence-corrected chi connectivity index (χ1v) is 6.78. The van der Waals surface area contributed by atoms with Gasteiger partial charge in [-0.1, -0.05) is 26.3 Å². The second-order valence-corrected chi connectivity index (χ2v) is 4.54. The highest BCUT2D eigenvalue weighted by atomic mass is 19.1. The lowest BCUT2D eigenvalue weighted by Gasteiger charge is -2.09. The Balaban J connectivity index is 2.36. The number of hydrogen-bond donors (Lipinski definition) is 1. The van der Waals surface area contributed by atoms with Gasteiger partial charge in [-0.05, 0) is 31.2 Å². The molecule has 4 heteroatoms. The second-order valence-electron chi connectivity index (χ2n) is 4.54. The van der Waals surface area contributed by atoms with E-state index >= 15 is 0 Å². The Morgan fingerprint density at radius 2 is 2.16 bits per heavy atom. The molecular weight excluding hydrogens is 241 g/mol. The molecule has 0 radical (unpaired) electrons. The first kappa shape index (κ1) is 13.7. The summed E-state index contributed by atoms with van der Waals surface area (Å²) in [6.45, 7) is 5.95. The van der Waals surface area contributed by atoms with Crippen LogP contribution in [-0.2, 0) is 13.0 Å². The van der Waals surface area contributed by atoms with Gasteiger partial charge in [-0.15, -0.1) is 0 Å². The minimum atomic E-state index is -0.233. The quantitative estimate of drug-likeness (QED) is 0.866. The molecule has 0 aliphatic carbocycles. The van der Waals surface area contributed by atoms with Gasteiger partial charge >= 0.3 is 0 Å². The largest absolute Gasteiger partial charge is 0.313 e. The summed E-state index contributed by atoms with van der Waals surface area (Å²) in [5, 5.41) is 7.72. The van der Waals surface area contributed by atoms with Crippen molar-refractivity contribution in [1.29, 1.82) is 0 Å². The lowest BCUT2D eigenvalue weighted by Crippen LogP contribution is -2.13. The maximum absolute atomic E-state index is 13.3. The first-order chi connectivity index (χ1) is 9.26. The van der Waals surface area contributed by atoms with Gasteiger partial charge in [0.15, 0.2) is 0 Å². The highest BCUT2D eigenvalue weighted by Crippen LogP contribution is 2.17. The fourth-order valence-electron chi connectivity index (χ4n) is 2.15. The Hall–Kier alpha value is -1.68. The Morgan fingerprint density at radius 1 is 1.32 bits per heavy atom. The monoisotopic (exact) mass is 261 g/mol. The lowest BCUT2D eigenvalue weighted by molar-refractivity contribution is 0.624. The molecule has 1 aromatic carbocycles. The molecule has 2 rings (SSSR count). The van der Waals surface area contributed by atoms with Gasteiger partial charge in [0.25, 0.3) is 0 Å². The molecule has 0 saturated carbocycles. The van der Waals surface area contributed by atoms with Gasteiger partial charge in [-0.3, -0.25) is 0 Å². The van der Waals surface area contributed by atoms with Crippen LogP contribution in [0.4, 0.5) is 4.39 Å². The van der Waals surface area contributed by atoms with Crippen LogP contribution >= 0.6 is 0 Å². The minimum Gasteiger partial charge on any atom is -0.313 e. The van der Waals surface area contributed by atoms with Crippen molar-refractivity contribution >= 4 is 0 Å². The Morgan fingerprint density at radius 3 is 2.84 bits per heavy atom. The fourth-order valence-corrected chi connectivity index (χ4v) is 2.15. The highest BCUT2D eigenvalue weighted by molar-refractivity contribution is 5.35. The summed E-state index contributed by atoms with van der Waals surface area (Å²) in [5.41, 5.74) is 3.13. The van der Waals surface area contributed by atoms with Crippen LogP contribution in [0.15, 0.2) is 30.5 Å². The van der Waals surface area contributed by atoms with E-state index in [2.05, 4.69) is 24.3 Å². The zero-order valence-corrected chi connectivity index (χ0v) is 11.5. The number of benzene rings is 1. The SMILES string of the molecule is CCCc1c(CNCC)cnn1-c1cccc(F)c1. The van der Waals surface area contributed by atoms with Crippen LogP contribution in [-0.4, -0.2) is 16.3 Å². The summed E-state index contributed by atoms with van der Waals surface area (Å²) in [6.07, 6.45) is 3.86. The topological polar surface area (TPSA) is 29.9 Å². The molecule has 1 N–H and O–H groups in total. The van der Waals surface area contributed by atoms with Crippen molar-refractivity contribution in [2.45, 2.75) is 33.2 Å². The average Bonchev–Trinajstić information content (AvgIpc) is 2.80.